The maximum atomic E-state index is 10.9. The summed E-state index contributed by atoms with van der Waals surface area (Å²) in [5.74, 6) is -0.267. The minimum Gasteiger partial charge on any atom is -0.458 e. The molecule has 3 nitrogen and oxygen atoms in total. The van der Waals surface area contributed by atoms with Crippen LogP contribution in [0.2, 0.25) is 0 Å². The molecule has 1 aromatic carbocycles. The molecule has 0 saturated heterocycles. The molecule has 0 N–H and O–H groups in total. The van der Waals surface area contributed by atoms with Crippen molar-refractivity contribution in [3.63, 3.8) is 0 Å². The Hall–Kier alpha value is -2.42. The Morgan fingerprint density at radius 1 is 1.14 bits per heavy atom. The van der Waals surface area contributed by atoms with Gasteiger partial charge in [-0.25, -0.2) is 0 Å². The third-order valence-corrected chi connectivity index (χ3v) is 3.11. The van der Waals surface area contributed by atoms with E-state index in [0.717, 1.165) is 22.5 Å². The third kappa shape index (κ3) is 4.56. The molecule has 1 aromatic heterocycles. The number of aromatic nitrogens is 1. The van der Waals surface area contributed by atoms with Gasteiger partial charge in [0.05, 0.1) is 5.69 Å². The number of carbonyl (C=O) groups excluding carboxylic acids is 1. The van der Waals surface area contributed by atoms with E-state index in [4.69, 9.17) is 4.74 Å². The number of nitrogens with zero attached hydrogens (tertiary/aromatic N) is 1. The van der Waals surface area contributed by atoms with Crippen LogP contribution in [-0.4, -0.2) is 11.0 Å². The largest absolute Gasteiger partial charge is 0.458 e. The van der Waals surface area contributed by atoms with Crippen LogP contribution >= 0.6 is 0 Å². The quantitative estimate of drug-likeness (QED) is 0.789. The molecule has 0 amide bonds. The van der Waals surface area contributed by atoms with E-state index in [1.807, 2.05) is 68.5 Å². The average molecular weight is 281 g/mol. The van der Waals surface area contributed by atoms with Gasteiger partial charge in [-0.15, -0.1) is 0 Å². The van der Waals surface area contributed by atoms with Crippen molar-refractivity contribution in [1.82, 2.24) is 4.98 Å². The van der Waals surface area contributed by atoms with Crippen LogP contribution in [0.3, 0.4) is 0 Å². The molecule has 1 heterocycles. The molecule has 1 atom stereocenters. The summed E-state index contributed by atoms with van der Waals surface area (Å²) in [6.45, 7) is 5.26. The summed E-state index contributed by atoms with van der Waals surface area (Å²) in [4.78, 5) is 15.4. The molecule has 0 bridgehead atoms. The Labute approximate surface area is 125 Å². The number of esters is 1. The van der Waals surface area contributed by atoms with Crippen LogP contribution in [0.15, 0.2) is 42.5 Å². The molecule has 0 fully saturated rings. The van der Waals surface area contributed by atoms with E-state index in [2.05, 4.69) is 4.98 Å². The van der Waals surface area contributed by atoms with Gasteiger partial charge in [-0.3, -0.25) is 9.78 Å². The SMILES string of the molecule is CC(=O)OC(C)c1ccc(/C=C/c2cccc(C)n2)cc1. The Balaban J connectivity index is 2.07. The smallest absolute Gasteiger partial charge is 0.303 e. The van der Waals surface area contributed by atoms with E-state index in [-0.39, 0.29) is 12.1 Å². The second kappa shape index (κ2) is 6.84. The highest BCUT2D eigenvalue weighted by Gasteiger charge is 2.07. The molecule has 3 heteroatoms. The van der Waals surface area contributed by atoms with E-state index in [1.54, 1.807) is 0 Å². The molecule has 0 aliphatic carbocycles. The first-order chi connectivity index (χ1) is 10.0. The van der Waals surface area contributed by atoms with Crippen molar-refractivity contribution in [2.24, 2.45) is 0 Å². The van der Waals surface area contributed by atoms with Crippen LogP contribution in [0.1, 0.15) is 42.5 Å². The van der Waals surface area contributed by atoms with Gasteiger partial charge in [-0.05, 0) is 43.2 Å². The zero-order valence-electron chi connectivity index (χ0n) is 12.5. The minimum absolute atomic E-state index is 0.223. The van der Waals surface area contributed by atoms with E-state index in [0.29, 0.717) is 0 Å². The fraction of sp³-hybridized carbons (Fsp3) is 0.222. The van der Waals surface area contributed by atoms with Crippen LogP contribution in [0.5, 0.6) is 0 Å². The van der Waals surface area contributed by atoms with Gasteiger partial charge < -0.3 is 4.74 Å². The van der Waals surface area contributed by atoms with Crippen molar-refractivity contribution in [2.75, 3.05) is 0 Å². The lowest BCUT2D eigenvalue weighted by molar-refractivity contribution is -0.145. The molecule has 21 heavy (non-hydrogen) atoms. The minimum atomic E-state index is -0.267. The van der Waals surface area contributed by atoms with Crippen LogP contribution < -0.4 is 0 Å². The van der Waals surface area contributed by atoms with Gasteiger partial charge >= 0.3 is 5.97 Å². The lowest BCUT2D eigenvalue weighted by Gasteiger charge is -2.12. The Morgan fingerprint density at radius 3 is 2.48 bits per heavy atom. The lowest BCUT2D eigenvalue weighted by atomic mass is 10.1. The molecular formula is C18H19NO2. The van der Waals surface area contributed by atoms with E-state index in [1.165, 1.54) is 6.92 Å². The van der Waals surface area contributed by atoms with Gasteiger partial charge in [-0.2, -0.15) is 0 Å². The summed E-state index contributed by atoms with van der Waals surface area (Å²) in [7, 11) is 0. The van der Waals surface area contributed by atoms with Crippen molar-refractivity contribution in [3.05, 3.63) is 65.0 Å². The summed E-state index contributed by atoms with van der Waals surface area (Å²) in [5.41, 5.74) is 4.00. The molecule has 108 valence electrons. The van der Waals surface area contributed by atoms with Crippen LogP contribution in [0.4, 0.5) is 0 Å². The van der Waals surface area contributed by atoms with Crippen LogP contribution in [-0.2, 0) is 9.53 Å². The Morgan fingerprint density at radius 2 is 1.86 bits per heavy atom. The Kier molecular flexibility index (Phi) is 4.88. The number of rotatable bonds is 4. The summed E-state index contributed by atoms with van der Waals surface area (Å²) in [6, 6.07) is 13.9. The first-order valence-corrected chi connectivity index (χ1v) is 6.93. The number of ether oxygens (including phenoxy) is 1. The molecule has 0 spiro atoms. The maximum absolute atomic E-state index is 10.9. The van der Waals surface area contributed by atoms with E-state index in [9.17, 15) is 4.79 Å². The topological polar surface area (TPSA) is 39.2 Å². The van der Waals surface area contributed by atoms with Crippen molar-refractivity contribution >= 4 is 18.1 Å². The number of pyridine rings is 1. The molecule has 1 unspecified atom stereocenters. The molecule has 0 aliphatic heterocycles. The van der Waals surface area contributed by atoms with Crippen molar-refractivity contribution in [3.8, 4) is 0 Å². The molecule has 0 aliphatic rings. The second-order valence-corrected chi connectivity index (χ2v) is 4.96. The summed E-state index contributed by atoms with van der Waals surface area (Å²) < 4.78 is 5.15. The third-order valence-electron chi connectivity index (χ3n) is 3.11. The van der Waals surface area contributed by atoms with Crippen LogP contribution in [0.25, 0.3) is 12.2 Å². The van der Waals surface area contributed by atoms with Crippen molar-refractivity contribution in [2.45, 2.75) is 26.9 Å². The van der Waals surface area contributed by atoms with Gasteiger partial charge in [0.25, 0.3) is 0 Å². The van der Waals surface area contributed by atoms with Gasteiger partial charge in [0.1, 0.15) is 6.10 Å². The fourth-order valence-corrected chi connectivity index (χ4v) is 2.03. The number of aryl methyl sites for hydroxylation is 1. The molecule has 0 radical (unpaired) electrons. The first kappa shape index (κ1) is 15.0. The van der Waals surface area contributed by atoms with E-state index < -0.39 is 0 Å². The highest BCUT2D eigenvalue weighted by molar-refractivity contribution is 5.68. The van der Waals surface area contributed by atoms with Crippen LogP contribution in [0, 0.1) is 6.92 Å². The van der Waals surface area contributed by atoms with Gasteiger partial charge in [0, 0.05) is 12.6 Å². The standard InChI is InChI=1S/C18H19NO2/c1-13-5-4-6-18(19-13)12-9-16-7-10-17(11-8-16)14(2)21-15(3)20/h4-12,14H,1-3H3/b12-9+. The van der Waals surface area contributed by atoms with Gasteiger partial charge in [0.2, 0.25) is 0 Å². The number of carbonyl (C=O) groups is 1. The first-order valence-electron chi connectivity index (χ1n) is 6.93. The fourth-order valence-electron chi connectivity index (χ4n) is 2.03. The second-order valence-electron chi connectivity index (χ2n) is 4.96. The zero-order chi connectivity index (χ0) is 15.2. The van der Waals surface area contributed by atoms with E-state index >= 15 is 0 Å². The lowest BCUT2D eigenvalue weighted by Crippen LogP contribution is -2.04. The summed E-state index contributed by atoms with van der Waals surface area (Å²) in [6.07, 6.45) is 3.78. The maximum Gasteiger partial charge on any atom is 0.303 e. The molecule has 2 aromatic rings. The molecule has 2 rings (SSSR count). The van der Waals surface area contributed by atoms with Gasteiger partial charge in [0.15, 0.2) is 0 Å². The number of hydrogen-bond donors (Lipinski definition) is 0. The predicted octanol–water partition coefficient (Wildman–Crippen LogP) is 4.18. The highest BCUT2D eigenvalue weighted by Crippen LogP contribution is 2.18. The number of hydrogen-bond acceptors (Lipinski definition) is 3. The normalized spacial score (nSPS) is 12.3. The average Bonchev–Trinajstić information content (AvgIpc) is 2.45. The van der Waals surface area contributed by atoms with Crippen molar-refractivity contribution < 1.29 is 9.53 Å². The van der Waals surface area contributed by atoms with Crippen molar-refractivity contribution in [1.29, 1.82) is 0 Å². The predicted molar refractivity (Wildman–Crippen MR) is 84.5 cm³/mol. The number of benzene rings is 1. The zero-order valence-corrected chi connectivity index (χ0v) is 12.5. The Bertz CT molecular complexity index is 645. The molecular weight excluding hydrogens is 262 g/mol. The summed E-state index contributed by atoms with van der Waals surface area (Å²) in [5, 5.41) is 0. The van der Waals surface area contributed by atoms with Gasteiger partial charge in [-0.1, -0.05) is 36.4 Å². The molecule has 0 saturated carbocycles. The highest BCUT2D eigenvalue weighted by atomic mass is 16.5. The summed E-state index contributed by atoms with van der Waals surface area (Å²) >= 11 is 0. The monoisotopic (exact) mass is 281 g/mol.